The van der Waals surface area contributed by atoms with E-state index in [1.165, 1.54) is 73.2 Å². The molecule has 0 spiro atoms. The fourth-order valence-corrected chi connectivity index (χ4v) is 10.9. The van der Waals surface area contributed by atoms with Crippen molar-refractivity contribution in [2.45, 2.75) is 6.18 Å². The van der Waals surface area contributed by atoms with Crippen LogP contribution in [0.5, 0.6) is 0 Å². The number of nitro benzene ring substituents is 1. The standard InChI is InChI=1S/C14H11F3N2O.C14H15N3O3S.C13H11BrN2O.C13H11ClN2O.C13H10F2N2O.C13H11N3O3.C5H4N2O2/c15-14(16,17)12-4-2-1-3-11(12)13(20)19-10-7-5-9(18)6-8-10;1-21(19,20)17-13-4-2-3-10(9-13)14(18)16-12-7-5-11(15)6-8-12;2*14-12-4-2-1-3-11(12)13(17)16-10-7-5-9(15)6-8-10;14-10-2-1-3-11(15)12(10)13(18)17-9-6-4-8(16)5-7-9;14-9-5-7-10(8-6-9)15-13(17)11-3-1-2-4-12(11)16(18)19;8-5(9)4-3-6-1-2-7-4/h1-8H,18H2,(H,19,20);2-9,17H,15H2,1H3,(H,16,18);2*1-8H,15H2,(H,16,17);1-7H,16H2,(H,17,18);1-8H,14H2,(H,15,17);1-3H,(H,8,9). The molecule has 620 valence electrons. The fraction of sp³-hybridized carbons (Fsp3) is 0.0235. The van der Waals surface area contributed by atoms with Gasteiger partial charge >= 0.3 is 12.1 Å². The minimum atomic E-state index is -4.57. The number of hydrogen-bond acceptors (Lipinski definition) is 19. The van der Waals surface area contributed by atoms with Crippen LogP contribution in [0, 0.1) is 21.7 Å². The summed E-state index contributed by atoms with van der Waals surface area (Å²) in [6.07, 6.45) is 0.432. The number of benzene rings is 12. The SMILES string of the molecule is CS(=O)(=O)Nc1cccc(C(=O)Nc2ccc(N)cc2)c1.Nc1ccc(NC(=O)c2c(F)cccc2F)cc1.Nc1ccc(NC(=O)c2ccccc2Br)cc1.Nc1ccc(NC(=O)c2ccccc2C(F)(F)F)cc1.Nc1ccc(NC(=O)c2ccccc2Cl)cc1.Nc1ccc(NC(=O)c2ccccc2[N+](=O)[O-])cc1.O=C(O)c1cnccn1. The normalized spacial score (nSPS) is 10.2. The van der Waals surface area contributed by atoms with E-state index in [9.17, 15) is 74.0 Å². The van der Waals surface area contributed by atoms with Gasteiger partial charge in [0.15, 0.2) is 5.69 Å². The summed E-state index contributed by atoms with van der Waals surface area (Å²) in [7, 11) is -3.38. The number of anilines is 13. The maximum absolute atomic E-state index is 13.3. The molecule has 0 unspecified atom stereocenters. The predicted octanol–water partition coefficient (Wildman–Crippen LogP) is 17.3. The number of para-hydroxylation sites is 1. The van der Waals surface area contributed by atoms with Crippen LogP contribution in [0.3, 0.4) is 0 Å². The smallest absolute Gasteiger partial charge is 0.417 e. The van der Waals surface area contributed by atoms with Crippen molar-refractivity contribution in [3.05, 3.63) is 380 Å². The molecular formula is C85H73BrClF5N16O12S. The first-order valence-corrected chi connectivity index (χ1v) is 38.0. The highest BCUT2D eigenvalue weighted by Crippen LogP contribution is 2.33. The summed E-state index contributed by atoms with van der Waals surface area (Å²) in [5.41, 5.74) is 39.6. The van der Waals surface area contributed by atoms with Crippen LogP contribution in [0.2, 0.25) is 5.02 Å². The summed E-state index contributed by atoms with van der Waals surface area (Å²) in [6.45, 7) is 0. The minimum Gasteiger partial charge on any atom is -0.476 e. The van der Waals surface area contributed by atoms with Crippen LogP contribution in [0.25, 0.3) is 0 Å². The van der Waals surface area contributed by atoms with E-state index in [0.29, 0.717) is 90.0 Å². The summed E-state index contributed by atoms with van der Waals surface area (Å²) < 4.78 is 90.6. The Morgan fingerprint density at radius 2 is 0.777 bits per heavy atom. The molecule has 20 N–H and O–H groups in total. The van der Waals surface area contributed by atoms with Crippen molar-refractivity contribution in [3.8, 4) is 0 Å². The first-order valence-electron chi connectivity index (χ1n) is 34.9. The molecule has 0 saturated heterocycles. The Bertz CT molecular complexity index is 5750. The monoisotopic (exact) mass is 1750 g/mol. The Hall–Kier alpha value is -15.6. The second kappa shape index (κ2) is 45.0. The van der Waals surface area contributed by atoms with Crippen molar-refractivity contribution < 1.29 is 74.0 Å². The zero-order valence-corrected chi connectivity index (χ0v) is 66.3. The Morgan fingerprint density at radius 1 is 0.430 bits per heavy atom. The number of alkyl halides is 3. The number of aromatic carboxylic acids is 1. The number of rotatable bonds is 16. The number of aromatic nitrogens is 2. The van der Waals surface area contributed by atoms with Crippen molar-refractivity contribution in [3.63, 3.8) is 0 Å². The number of carboxylic acid groups (broad SMARTS) is 1. The molecule has 0 saturated carbocycles. The molecule has 0 radical (unpaired) electrons. The number of carbonyl (C=O) groups is 7. The van der Waals surface area contributed by atoms with Crippen molar-refractivity contribution in [1.29, 1.82) is 0 Å². The first-order chi connectivity index (χ1) is 57.5. The van der Waals surface area contributed by atoms with E-state index >= 15 is 0 Å². The quantitative estimate of drug-likeness (QED) is 0.0185. The van der Waals surface area contributed by atoms with Gasteiger partial charge in [0.05, 0.1) is 44.7 Å². The highest BCUT2D eigenvalue weighted by Gasteiger charge is 2.35. The molecule has 0 atom stereocenters. The number of nitrogens with two attached hydrogens (primary N) is 6. The second-order valence-electron chi connectivity index (χ2n) is 24.7. The number of carboxylic acids is 1. The first kappa shape index (κ1) is 92.6. The van der Waals surface area contributed by atoms with Crippen LogP contribution in [-0.2, 0) is 16.2 Å². The average Bonchev–Trinajstić information content (AvgIpc) is 0.804. The highest BCUT2D eigenvalue weighted by atomic mass is 79.9. The molecule has 28 nitrogen and oxygen atoms in total. The Morgan fingerprint density at radius 3 is 1.16 bits per heavy atom. The predicted molar refractivity (Wildman–Crippen MR) is 463 cm³/mol. The van der Waals surface area contributed by atoms with Crippen LogP contribution < -0.4 is 71.0 Å². The summed E-state index contributed by atoms with van der Waals surface area (Å²) in [5.74, 6) is -5.76. The lowest BCUT2D eigenvalue weighted by atomic mass is 10.1. The zero-order valence-electron chi connectivity index (χ0n) is 63.2. The number of nitrogens with one attached hydrogen (secondary N) is 7. The molecule has 0 fully saturated rings. The van der Waals surface area contributed by atoms with E-state index in [1.54, 1.807) is 188 Å². The average molecular weight is 1750 g/mol. The maximum Gasteiger partial charge on any atom is 0.417 e. The number of hydrogen-bond donors (Lipinski definition) is 14. The third-order valence-corrected chi connectivity index (χ3v) is 17.1. The molecule has 1 heterocycles. The summed E-state index contributed by atoms with van der Waals surface area (Å²) >= 11 is 9.27. The van der Waals surface area contributed by atoms with Crippen LogP contribution >= 0.6 is 27.5 Å². The van der Waals surface area contributed by atoms with Crippen molar-refractivity contribution in [2.24, 2.45) is 0 Å². The molecule has 0 aliphatic rings. The van der Waals surface area contributed by atoms with Crippen molar-refractivity contribution in [2.75, 3.05) is 77.3 Å². The van der Waals surface area contributed by atoms with Gasteiger partial charge in [-0.1, -0.05) is 72.3 Å². The molecule has 36 heteroatoms. The molecule has 0 aliphatic heterocycles. The van der Waals surface area contributed by atoms with Crippen LogP contribution in [0.15, 0.2) is 308 Å². The van der Waals surface area contributed by atoms with Crippen molar-refractivity contribution >= 4 is 159 Å². The van der Waals surface area contributed by atoms with Gasteiger partial charge in [0.25, 0.3) is 41.1 Å². The third-order valence-electron chi connectivity index (χ3n) is 15.5. The zero-order chi connectivity index (χ0) is 88.3. The number of carbonyl (C=O) groups excluding carboxylic acids is 6. The lowest BCUT2D eigenvalue weighted by Gasteiger charge is -2.12. The molecule has 6 amide bonds. The molecule has 13 rings (SSSR count). The van der Waals surface area contributed by atoms with E-state index in [4.69, 9.17) is 51.1 Å². The number of sulfonamides is 1. The Labute approximate surface area is 701 Å². The van der Waals surface area contributed by atoms with Gasteiger partial charge in [-0.2, -0.15) is 13.2 Å². The van der Waals surface area contributed by atoms with E-state index in [1.807, 2.05) is 18.2 Å². The number of amides is 6. The molecule has 12 aromatic carbocycles. The molecule has 0 aliphatic carbocycles. The molecule has 1 aromatic heterocycles. The van der Waals surface area contributed by atoms with Crippen LogP contribution in [0.4, 0.5) is 102 Å². The van der Waals surface area contributed by atoms with Crippen LogP contribution in [0.1, 0.15) is 78.2 Å². The highest BCUT2D eigenvalue weighted by molar-refractivity contribution is 9.10. The van der Waals surface area contributed by atoms with Crippen molar-refractivity contribution in [1.82, 2.24) is 9.97 Å². The van der Waals surface area contributed by atoms with Gasteiger partial charge in [-0.05, 0) is 234 Å². The summed E-state index contributed by atoms with van der Waals surface area (Å²) in [4.78, 5) is 99.0. The third kappa shape index (κ3) is 31.2. The minimum absolute atomic E-state index is 0.0179. The lowest BCUT2D eigenvalue weighted by molar-refractivity contribution is -0.385. The van der Waals surface area contributed by atoms with Gasteiger partial charge in [0, 0.05) is 102 Å². The Balaban J connectivity index is 0.000000196. The van der Waals surface area contributed by atoms with Gasteiger partial charge in [-0.15, -0.1) is 0 Å². The fourth-order valence-electron chi connectivity index (χ4n) is 9.70. The van der Waals surface area contributed by atoms with Gasteiger partial charge in [-0.25, -0.2) is 27.0 Å². The molecule has 13 aromatic rings. The Kier molecular flexibility index (Phi) is 34.4. The molecule has 0 bridgehead atoms. The van der Waals surface area contributed by atoms with Crippen LogP contribution in [-0.4, -0.2) is 76.1 Å². The van der Waals surface area contributed by atoms with Gasteiger partial charge in [0.2, 0.25) is 10.0 Å². The molecular weight excluding hydrogens is 1680 g/mol. The number of nitro groups is 1. The maximum atomic E-state index is 13.3. The largest absolute Gasteiger partial charge is 0.476 e. The van der Waals surface area contributed by atoms with E-state index < -0.39 is 73.1 Å². The molecule has 121 heavy (non-hydrogen) atoms. The lowest BCUT2D eigenvalue weighted by Crippen LogP contribution is -2.18. The number of halogens is 7. The van der Waals surface area contributed by atoms with Gasteiger partial charge < -0.3 is 71.4 Å². The van der Waals surface area contributed by atoms with E-state index in [-0.39, 0.29) is 34.7 Å². The topological polar surface area (TPSA) is 483 Å². The van der Waals surface area contributed by atoms with Gasteiger partial charge in [-0.3, -0.25) is 48.6 Å². The summed E-state index contributed by atoms with van der Waals surface area (Å²) in [6, 6.07) is 73.7. The van der Waals surface area contributed by atoms with Gasteiger partial charge in [0.1, 0.15) is 22.8 Å². The number of nitrogen functional groups attached to an aromatic ring is 6. The van der Waals surface area contributed by atoms with E-state index in [2.05, 4.69) is 62.5 Å². The number of nitrogens with zero attached hydrogens (tertiary/aromatic N) is 3. The van der Waals surface area contributed by atoms with E-state index in [0.717, 1.165) is 40.7 Å². The summed E-state index contributed by atoms with van der Waals surface area (Å²) in [5, 5.41) is 35.2. The second-order valence-corrected chi connectivity index (χ2v) is 27.7.